The number of amides is 1. The van der Waals surface area contributed by atoms with Crippen LogP contribution in [0.15, 0.2) is 22.7 Å². The Hall–Kier alpha value is -0.940. The smallest absolute Gasteiger partial charge is 0.228 e. The molecule has 92 valence electrons. The highest BCUT2D eigenvalue weighted by Gasteiger charge is 2.21. The molecule has 0 saturated carbocycles. The van der Waals surface area contributed by atoms with Crippen LogP contribution in [0.1, 0.15) is 12.8 Å². The van der Waals surface area contributed by atoms with Crippen molar-refractivity contribution in [1.29, 1.82) is 0 Å². The van der Waals surface area contributed by atoms with Crippen molar-refractivity contribution in [1.82, 2.24) is 5.32 Å². The fourth-order valence-corrected chi connectivity index (χ4v) is 2.26. The number of hydrogen-bond donors (Lipinski definition) is 2. The van der Waals surface area contributed by atoms with Crippen LogP contribution in [0, 0.1) is 11.7 Å². The largest absolute Gasteiger partial charge is 0.323 e. The molecular weight excluding hydrogens is 287 g/mol. The Kier molecular flexibility index (Phi) is 4.12. The predicted octanol–water partition coefficient (Wildman–Crippen LogP) is 2.53. The fourth-order valence-electron chi connectivity index (χ4n) is 1.90. The standard InChI is InChI=1S/C12H14BrFN2O/c13-9-3-4-10(14)11(6-9)16-12(17)8-2-1-5-15-7-8/h3-4,6,8,15H,1-2,5,7H2,(H,16,17)/t8-/m0/s1. The molecule has 0 radical (unpaired) electrons. The molecule has 1 fully saturated rings. The van der Waals surface area contributed by atoms with Gasteiger partial charge in [-0.3, -0.25) is 4.79 Å². The van der Waals surface area contributed by atoms with E-state index in [1.807, 2.05) is 0 Å². The van der Waals surface area contributed by atoms with E-state index in [1.165, 1.54) is 6.07 Å². The Morgan fingerprint density at radius 3 is 3.06 bits per heavy atom. The highest BCUT2D eigenvalue weighted by molar-refractivity contribution is 9.10. The summed E-state index contributed by atoms with van der Waals surface area (Å²) in [5, 5.41) is 5.80. The van der Waals surface area contributed by atoms with Crippen molar-refractivity contribution in [3.05, 3.63) is 28.5 Å². The van der Waals surface area contributed by atoms with E-state index in [-0.39, 0.29) is 17.5 Å². The van der Waals surface area contributed by atoms with Gasteiger partial charge in [0.1, 0.15) is 5.82 Å². The monoisotopic (exact) mass is 300 g/mol. The van der Waals surface area contributed by atoms with Gasteiger partial charge in [0.05, 0.1) is 11.6 Å². The van der Waals surface area contributed by atoms with Crippen LogP contribution in [0.4, 0.5) is 10.1 Å². The van der Waals surface area contributed by atoms with E-state index in [9.17, 15) is 9.18 Å². The van der Waals surface area contributed by atoms with E-state index < -0.39 is 5.82 Å². The van der Waals surface area contributed by atoms with Gasteiger partial charge >= 0.3 is 0 Å². The maximum atomic E-state index is 13.4. The van der Waals surface area contributed by atoms with Gasteiger partial charge in [-0.15, -0.1) is 0 Å². The van der Waals surface area contributed by atoms with Crippen LogP contribution < -0.4 is 10.6 Å². The lowest BCUT2D eigenvalue weighted by molar-refractivity contribution is -0.120. The molecule has 0 aromatic heterocycles. The van der Waals surface area contributed by atoms with Crippen LogP contribution in [-0.4, -0.2) is 19.0 Å². The number of anilines is 1. The number of piperidine rings is 1. The Labute approximate surface area is 108 Å². The topological polar surface area (TPSA) is 41.1 Å². The Balaban J connectivity index is 2.04. The van der Waals surface area contributed by atoms with Gasteiger partial charge < -0.3 is 10.6 Å². The van der Waals surface area contributed by atoms with Crippen molar-refractivity contribution in [2.75, 3.05) is 18.4 Å². The minimum absolute atomic E-state index is 0.0675. The summed E-state index contributed by atoms with van der Waals surface area (Å²) in [6.45, 7) is 1.62. The van der Waals surface area contributed by atoms with Gasteiger partial charge in [-0.05, 0) is 37.6 Å². The Morgan fingerprint density at radius 1 is 1.53 bits per heavy atom. The van der Waals surface area contributed by atoms with Crippen LogP contribution >= 0.6 is 15.9 Å². The van der Waals surface area contributed by atoms with Gasteiger partial charge in [0.25, 0.3) is 0 Å². The number of benzene rings is 1. The molecule has 1 aliphatic heterocycles. The van der Waals surface area contributed by atoms with Crippen molar-refractivity contribution in [2.45, 2.75) is 12.8 Å². The third-order valence-corrected chi connectivity index (χ3v) is 3.35. The molecule has 1 heterocycles. The zero-order valence-corrected chi connectivity index (χ0v) is 10.9. The van der Waals surface area contributed by atoms with Crippen molar-refractivity contribution in [3.63, 3.8) is 0 Å². The van der Waals surface area contributed by atoms with Crippen LogP contribution in [0.5, 0.6) is 0 Å². The van der Waals surface area contributed by atoms with Gasteiger partial charge in [0.2, 0.25) is 5.91 Å². The lowest BCUT2D eigenvalue weighted by atomic mass is 9.99. The molecule has 0 aliphatic carbocycles. The van der Waals surface area contributed by atoms with Gasteiger partial charge in [0, 0.05) is 11.0 Å². The average Bonchev–Trinajstić information content (AvgIpc) is 2.35. The lowest BCUT2D eigenvalue weighted by Gasteiger charge is -2.22. The first-order valence-corrected chi connectivity index (χ1v) is 6.43. The van der Waals surface area contributed by atoms with Crippen molar-refractivity contribution < 1.29 is 9.18 Å². The first kappa shape index (κ1) is 12.5. The highest BCUT2D eigenvalue weighted by Crippen LogP contribution is 2.21. The maximum absolute atomic E-state index is 13.4. The molecule has 1 aromatic carbocycles. The second-order valence-electron chi connectivity index (χ2n) is 4.16. The number of halogens is 2. The molecule has 3 nitrogen and oxygen atoms in total. The van der Waals surface area contributed by atoms with Gasteiger partial charge in [-0.2, -0.15) is 0 Å². The van der Waals surface area contributed by atoms with Gasteiger partial charge in [-0.25, -0.2) is 4.39 Å². The summed E-state index contributed by atoms with van der Waals surface area (Å²) in [5.41, 5.74) is 0.231. The minimum atomic E-state index is -0.412. The number of hydrogen-bond acceptors (Lipinski definition) is 2. The van der Waals surface area contributed by atoms with E-state index in [0.29, 0.717) is 6.54 Å². The van der Waals surface area contributed by atoms with E-state index in [2.05, 4.69) is 26.6 Å². The van der Waals surface area contributed by atoms with Gasteiger partial charge in [0.15, 0.2) is 0 Å². The molecule has 0 unspecified atom stereocenters. The van der Waals surface area contributed by atoms with Crippen molar-refractivity contribution in [2.24, 2.45) is 5.92 Å². The normalized spacial score (nSPS) is 20.0. The first-order chi connectivity index (χ1) is 8.16. The quantitative estimate of drug-likeness (QED) is 0.881. The molecule has 2 N–H and O–H groups in total. The molecule has 2 rings (SSSR count). The first-order valence-electron chi connectivity index (χ1n) is 5.63. The molecule has 1 atom stereocenters. The minimum Gasteiger partial charge on any atom is -0.323 e. The van der Waals surface area contributed by atoms with Crippen LogP contribution in [0.25, 0.3) is 0 Å². The number of nitrogens with one attached hydrogen (secondary N) is 2. The number of rotatable bonds is 2. The average molecular weight is 301 g/mol. The third kappa shape index (κ3) is 3.26. The second kappa shape index (κ2) is 5.60. The molecule has 0 bridgehead atoms. The summed E-state index contributed by atoms with van der Waals surface area (Å²) in [6.07, 6.45) is 1.84. The maximum Gasteiger partial charge on any atom is 0.228 e. The predicted molar refractivity (Wildman–Crippen MR) is 68.3 cm³/mol. The molecular formula is C12H14BrFN2O. The molecule has 1 aliphatic rings. The summed E-state index contributed by atoms with van der Waals surface area (Å²) in [4.78, 5) is 11.9. The summed E-state index contributed by atoms with van der Waals surface area (Å²) < 4.78 is 14.2. The Bertz CT molecular complexity index is 419. The molecule has 5 heteroatoms. The summed E-state index contributed by atoms with van der Waals surface area (Å²) >= 11 is 3.25. The summed E-state index contributed by atoms with van der Waals surface area (Å²) in [6, 6.07) is 4.51. The van der Waals surface area contributed by atoms with Crippen LogP contribution in [-0.2, 0) is 4.79 Å². The SMILES string of the molecule is O=C(Nc1cc(Br)ccc1F)[C@H]1CCCNC1. The zero-order chi connectivity index (χ0) is 12.3. The summed E-state index contributed by atoms with van der Waals surface area (Å²) in [7, 11) is 0. The molecule has 1 aromatic rings. The van der Waals surface area contributed by atoms with E-state index in [4.69, 9.17) is 0 Å². The second-order valence-corrected chi connectivity index (χ2v) is 5.07. The Morgan fingerprint density at radius 2 is 2.35 bits per heavy atom. The highest BCUT2D eigenvalue weighted by atomic mass is 79.9. The fraction of sp³-hybridized carbons (Fsp3) is 0.417. The van der Waals surface area contributed by atoms with Crippen molar-refractivity contribution >= 4 is 27.5 Å². The molecule has 0 spiro atoms. The lowest BCUT2D eigenvalue weighted by Crippen LogP contribution is -2.37. The van der Waals surface area contributed by atoms with Gasteiger partial charge in [-0.1, -0.05) is 15.9 Å². The zero-order valence-electron chi connectivity index (χ0n) is 9.30. The van der Waals surface area contributed by atoms with Crippen molar-refractivity contribution in [3.8, 4) is 0 Å². The number of carbonyl (C=O) groups excluding carboxylic acids is 1. The van der Waals surface area contributed by atoms with E-state index in [0.717, 1.165) is 23.9 Å². The molecule has 1 saturated heterocycles. The van der Waals surface area contributed by atoms with Crippen LogP contribution in [0.2, 0.25) is 0 Å². The molecule has 17 heavy (non-hydrogen) atoms. The van der Waals surface area contributed by atoms with E-state index >= 15 is 0 Å². The third-order valence-electron chi connectivity index (χ3n) is 2.85. The summed E-state index contributed by atoms with van der Waals surface area (Å²) in [5.74, 6) is -0.596. The number of carbonyl (C=O) groups is 1. The van der Waals surface area contributed by atoms with Crippen LogP contribution in [0.3, 0.4) is 0 Å². The molecule has 1 amide bonds. The van der Waals surface area contributed by atoms with E-state index in [1.54, 1.807) is 12.1 Å².